The van der Waals surface area contributed by atoms with Crippen molar-refractivity contribution in [2.75, 3.05) is 0 Å². The van der Waals surface area contributed by atoms with Crippen LogP contribution in [0.4, 0.5) is 0 Å². The van der Waals surface area contributed by atoms with E-state index in [-0.39, 0.29) is 10.8 Å². The van der Waals surface area contributed by atoms with E-state index in [2.05, 4.69) is 72.7 Å². The zero-order valence-electron chi connectivity index (χ0n) is 14.9. The Morgan fingerprint density at radius 2 is 1.36 bits per heavy atom. The Kier molecular flexibility index (Phi) is 4.37. The normalized spacial score (nSPS) is 12.3. The van der Waals surface area contributed by atoms with E-state index in [1.807, 2.05) is 18.2 Å². The number of rotatable bonds is 2. The van der Waals surface area contributed by atoms with Gasteiger partial charge >= 0.3 is 0 Å². The lowest BCUT2D eigenvalue weighted by Gasteiger charge is -2.27. The third kappa shape index (κ3) is 3.71. The van der Waals surface area contributed by atoms with Crippen LogP contribution < -0.4 is 4.74 Å². The molecule has 2 aromatic carbocycles. The second-order valence-corrected chi connectivity index (χ2v) is 8.08. The van der Waals surface area contributed by atoms with E-state index >= 15 is 0 Å². The van der Waals surface area contributed by atoms with Gasteiger partial charge in [-0.1, -0.05) is 71.9 Å². The number of aryl methyl sites for hydroxylation is 1. The summed E-state index contributed by atoms with van der Waals surface area (Å²) in [6.45, 7) is 15.5. The van der Waals surface area contributed by atoms with Crippen molar-refractivity contribution in [3.8, 4) is 11.5 Å². The van der Waals surface area contributed by atoms with Gasteiger partial charge in [0.25, 0.3) is 0 Å². The van der Waals surface area contributed by atoms with Crippen LogP contribution in [0.2, 0.25) is 0 Å². The molecule has 0 aliphatic rings. The van der Waals surface area contributed by atoms with Crippen LogP contribution in [0.15, 0.2) is 42.5 Å². The molecule has 2 aromatic rings. The minimum atomic E-state index is 0.0410. The van der Waals surface area contributed by atoms with Crippen LogP contribution >= 0.6 is 0 Å². The summed E-state index contributed by atoms with van der Waals surface area (Å²) in [5.74, 6) is 1.88. The van der Waals surface area contributed by atoms with Gasteiger partial charge in [0.05, 0.1) is 0 Å². The molecule has 0 saturated carbocycles. The first-order valence-electron chi connectivity index (χ1n) is 7.97. The van der Waals surface area contributed by atoms with Crippen molar-refractivity contribution < 1.29 is 4.74 Å². The maximum absolute atomic E-state index is 6.23. The average molecular weight is 296 g/mol. The number of hydrogen-bond donors (Lipinski definition) is 0. The molecule has 0 aromatic heterocycles. The summed E-state index contributed by atoms with van der Waals surface area (Å²) in [5, 5.41) is 0. The van der Waals surface area contributed by atoms with Crippen LogP contribution in [0.3, 0.4) is 0 Å². The van der Waals surface area contributed by atoms with Crippen LogP contribution in [-0.2, 0) is 10.8 Å². The summed E-state index contributed by atoms with van der Waals surface area (Å²) in [4.78, 5) is 0. The van der Waals surface area contributed by atoms with Crippen molar-refractivity contribution in [1.82, 2.24) is 0 Å². The van der Waals surface area contributed by atoms with Gasteiger partial charge in [-0.25, -0.2) is 0 Å². The minimum Gasteiger partial charge on any atom is -0.457 e. The molecule has 0 radical (unpaired) electrons. The third-order valence-electron chi connectivity index (χ3n) is 3.97. The van der Waals surface area contributed by atoms with E-state index in [1.54, 1.807) is 0 Å². The van der Waals surface area contributed by atoms with E-state index < -0.39 is 0 Å². The lowest BCUT2D eigenvalue weighted by atomic mass is 9.80. The van der Waals surface area contributed by atoms with E-state index in [4.69, 9.17) is 4.74 Å². The average Bonchev–Trinajstić information content (AvgIpc) is 2.39. The summed E-state index contributed by atoms with van der Waals surface area (Å²) in [7, 11) is 0. The first kappa shape index (κ1) is 16.6. The third-order valence-corrected chi connectivity index (χ3v) is 3.97. The van der Waals surface area contributed by atoms with Gasteiger partial charge in [-0.2, -0.15) is 0 Å². The molecule has 0 unspecified atom stereocenters. The summed E-state index contributed by atoms with van der Waals surface area (Å²) >= 11 is 0. The fourth-order valence-corrected chi connectivity index (χ4v) is 2.46. The Balaban J connectivity index is 2.50. The van der Waals surface area contributed by atoms with Crippen LogP contribution in [0, 0.1) is 6.92 Å². The van der Waals surface area contributed by atoms with Gasteiger partial charge < -0.3 is 4.74 Å². The van der Waals surface area contributed by atoms with Crippen molar-refractivity contribution >= 4 is 0 Å². The highest BCUT2D eigenvalue weighted by atomic mass is 16.5. The number of benzene rings is 2. The van der Waals surface area contributed by atoms with Gasteiger partial charge in [0.1, 0.15) is 11.5 Å². The second-order valence-electron chi connectivity index (χ2n) is 8.08. The Hall–Kier alpha value is -1.76. The molecule has 22 heavy (non-hydrogen) atoms. The molecule has 0 fully saturated rings. The molecular weight excluding hydrogens is 268 g/mol. The fraction of sp³-hybridized carbons (Fsp3) is 0.429. The molecule has 0 N–H and O–H groups in total. The standard InChI is InChI=1S/C21H28O/c1-15-10-8-9-11-18(15)22-19-13-12-16(20(2,3)4)14-17(19)21(5,6)7/h8-14H,1-7H3. The number of ether oxygens (including phenoxy) is 1. The van der Waals surface area contributed by atoms with Crippen molar-refractivity contribution in [3.63, 3.8) is 0 Å². The molecule has 0 bridgehead atoms. The van der Waals surface area contributed by atoms with Crippen molar-refractivity contribution in [2.45, 2.75) is 59.3 Å². The van der Waals surface area contributed by atoms with Crippen molar-refractivity contribution in [1.29, 1.82) is 0 Å². The predicted octanol–water partition coefficient (Wildman–Crippen LogP) is 6.38. The molecule has 0 amide bonds. The van der Waals surface area contributed by atoms with Crippen LogP contribution in [0.5, 0.6) is 11.5 Å². The first-order chi connectivity index (χ1) is 10.1. The highest BCUT2D eigenvalue weighted by Gasteiger charge is 2.23. The van der Waals surface area contributed by atoms with Gasteiger partial charge in [0.15, 0.2) is 0 Å². The highest BCUT2D eigenvalue weighted by Crippen LogP contribution is 2.38. The monoisotopic (exact) mass is 296 g/mol. The molecule has 0 saturated heterocycles. The van der Waals surface area contributed by atoms with Gasteiger partial charge in [-0.3, -0.25) is 0 Å². The lowest BCUT2D eigenvalue weighted by Crippen LogP contribution is -2.17. The zero-order chi connectivity index (χ0) is 16.5. The second kappa shape index (κ2) is 5.79. The Bertz CT molecular complexity index is 654. The lowest BCUT2D eigenvalue weighted by molar-refractivity contribution is 0.450. The Morgan fingerprint density at radius 1 is 0.727 bits per heavy atom. The topological polar surface area (TPSA) is 9.23 Å². The van der Waals surface area contributed by atoms with E-state index in [0.717, 1.165) is 17.1 Å². The van der Waals surface area contributed by atoms with Crippen LogP contribution in [0.25, 0.3) is 0 Å². The van der Waals surface area contributed by atoms with Crippen molar-refractivity contribution in [3.05, 3.63) is 59.2 Å². The van der Waals surface area contributed by atoms with Gasteiger partial charge in [0, 0.05) is 5.56 Å². The highest BCUT2D eigenvalue weighted by molar-refractivity contribution is 5.46. The minimum absolute atomic E-state index is 0.0410. The van der Waals surface area contributed by atoms with E-state index in [0.29, 0.717) is 0 Å². The summed E-state index contributed by atoms with van der Waals surface area (Å²) in [6, 6.07) is 14.8. The molecule has 1 nitrogen and oxygen atoms in total. The van der Waals surface area contributed by atoms with Gasteiger partial charge in [-0.15, -0.1) is 0 Å². The molecule has 0 atom stereocenters. The first-order valence-corrected chi connectivity index (χ1v) is 7.97. The molecule has 0 aliphatic heterocycles. The van der Waals surface area contributed by atoms with Crippen LogP contribution in [0.1, 0.15) is 58.2 Å². The van der Waals surface area contributed by atoms with Crippen molar-refractivity contribution in [2.24, 2.45) is 0 Å². The number of hydrogen-bond acceptors (Lipinski definition) is 1. The SMILES string of the molecule is Cc1ccccc1Oc1ccc(C(C)(C)C)cc1C(C)(C)C. The zero-order valence-corrected chi connectivity index (χ0v) is 14.9. The van der Waals surface area contributed by atoms with Gasteiger partial charge in [-0.05, 0) is 41.0 Å². The molecule has 0 spiro atoms. The van der Waals surface area contributed by atoms with Crippen LogP contribution in [-0.4, -0.2) is 0 Å². The Labute approximate surface area is 135 Å². The maximum atomic E-state index is 6.23. The Morgan fingerprint density at radius 3 is 1.91 bits per heavy atom. The molecule has 2 rings (SSSR count). The van der Waals surface area contributed by atoms with Gasteiger partial charge in [0.2, 0.25) is 0 Å². The van der Waals surface area contributed by atoms with E-state index in [9.17, 15) is 0 Å². The smallest absolute Gasteiger partial charge is 0.131 e. The predicted molar refractivity (Wildman–Crippen MR) is 95.1 cm³/mol. The summed E-state index contributed by atoms with van der Waals surface area (Å²) in [5.41, 5.74) is 3.93. The molecule has 1 heteroatoms. The summed E-state index contributed by atoms with van der Waals surface area (Å²) in [6.07, 6.45) is 0. The van der Waals surface area contributed by atoms with E-state index in [1.165, 1.54) is 11.1 Å². The fourth-order valence-electron chi connectivity index (χ4n) is 2.46. The molecule has 0 heterocycles. The molecule has 118 valence electrons. The molecular formula is C21H28O. The quantitative estimate of drug-likeness (QED) is 0.624. The maximum Gasteiger partial charge on any atom is 0.131 e. The summed E-state index contributed by atoms with van der Waals surface area (Å²) < 4.78 is 6.23. The largest absolute Gasteiger partial charge is 0.457 e. The molecule has 0 aliphatic carbocycles. The number of para-hydroxylation sites is 1.